The molecule has 0 aromatic heterocycles. The summed E-state index contributed by atoms with van der Waals surface area (Å²) in [4.78, 5) is 15.5. The number of likely N-dealkylation sites (N-methyl/N-ethyl adjacent to an activating group) is 1. The van der Waals surface area contributed by atoms with E-state index in [0.717, 1.165) is 27.5 Å². The highest BCUT2D eigenvalue weighted by molar-refractivity contribution is 6.00. The molecule has 3 heteroatoms. The van der Waals surface area contributed by atoms with E-state index in [1.165, 1.54) is 5.56 Å². The number of ether oxygens (including phenoxy) is 1. The standard InChI is InChI=1S/C29H27NO2/c1-30(2)28-25-15-9-8-14-24(25)27(32-29(28)21-11-4-3-5-12-21)19-26(31)23-17-16-20-10-6-7-13-22(20)18-23/h3-18,27-29H,19H2,1-2H3/t27?,28-,29+/m0/s1. The van der Waals surface area contributed by atoms with Gasteiger partial charge in [0.05, 0.1) is 12.1 Å². The van der Waals surface area contributed by atoms with Gasteiger partial charge in [-0.25, -0.2) is 0 Å². The molecule has 0 bridgehead atoms. The van der Waals surface area contributed by atoms with E-state index in [1.54, 1.807) is 0 Å². The maximum absolute atomic E-state index is 13.3. The van der Waals surface area contributed by atoms with Gasteiger partial charge in [0.25, 0.3) is 0 Å². The normalized spacial score (nSPS) is 20.3. The first-order valence-corrected chi connectivity index (χ1v) is 11.1. The van der Waals surface area contributed by atoms with Gasteiger partial charge in [-0.2, -0.15) is 0 Å². The van der Waals surface area contributed by atoms with Crippen LogP contribution in [0, 0.1) is 0 Å². The molecule has 160 valence electrons. The molecule has 1 heterocycles. The minimum Gasteiger partial charge on any atom is -0.363 e. The summed E-state index contributed by atoms with van der Waals surface area (Å²) in [6, 6.07) is 32.9. The molecule has 0 saturated carbocycles. The number of rotatable bonds is 5. The first kappa shape index (κ1) is 20.6. The number of ketones is 1. The molecule has 0 spiro atoms. The third kappa shape index (κ3) is 3.86. The summed E-state index contributed by atoms with van der Waals surface area (Å²) < 4.78 is 6.69. The Balaban J connectivity index is 1.50. The van der Waals surface area contributed by atoms with Crippen LogP contribution in [0.2, 0.25) is 0 Å². The number of carbonyl (C=O) groups excluding carboxylic acids is 1. The van der Waals surface area contributed by atoms with E-state index in [-0.39, 0.29) is 24.0 Å². The Bertz CT molecular complexity index is 1250. The third-order valence-corrected chi connectivity index (χ3v) is 6.39. The van der Waals surface area contributed by atoms with E-state index in [9.17, 15) is 4.79 Å². The number of Topliss-reactive ketones (excluding diaryl/α,β-unsaturated/α-hetero) is 1. The predicted octanol–water partition coefficient (Wildman–Crippen LogP) is 6.53. The summed E-state index contributed by atoms with van der Waals surface area (Å²) in [5.74, 6) is 0.102. The topological polar surface area (TPSA) is 29.5 Å². The molecule has 0 N–H and O–H groups in total. The number of carbonyl (C=O) groups is 1. The van der Waals surface area contributed by atoms with Gasteiger partial charge >= 0.3 is 0 Å². The minimum absolute atomic E-state index is 0.0839. The van der Waals surface area contributed by atoms with Crippen molar-refractivity contribution in [2.24, 2.45) is 0 Å². The van der Waals surface area contributed by atoms with Crippen LogP contribution in [-0.4, -0.2) is 24.8 Å². The van der Waals surface area contributed by atoms with Crippen molar-refractivity contribution >= 4 is 16.6 Å². The Hall–Kier alpha value is -3.27. The molecule has 0 radical (unpaired) electrons. The van der Waals surface area contributed by atoms with Gasteiger partial charge in [0.2, 0.25) is 0 Å². The van der Waals surface area contributed by atoms with Crippen molar-refractivity contribution < 1.29 is 9.53 Å². The lowest BCUT2D eigenvalue weighted by Crippen LogP contribution is -2.34. The van der Waals surface area contributed by atoms with Gasteiger partial charge in [-0.15, -0.1) is 0 Å². The largest absolute Gasteiger partial charge is 0.363 e. The van der Waals surface area contributed by atoms with E-state index >= 15 is 0 Å². The van der Waals surface area contributed by atoms with Crippen LogP contribution in [-0.2, 0) is 4.74 Å². The molecule has 1 aliphatic heterocycles. The smallest absolute Gasteiger partial charge is 0.165 e. The summed E-state index contributed by atoms with van der Waals surface area (Å²) in [5, 5.41) is 2.22. The van der Waals surface area contributed by atoms with Crippen LogP contribution < -0.4 is 0 Å². The molecule has 1 aliphatic rings. The third-order valence-electron chi connectivity index (χ3n) is 6.39. The van der Waals surface area contributed by atoms with Crippen molar-refractivity contribution in [3.63, 3.8) is 0 Å². The summed E-state index contributed by atoms with van der Waals surface area (Å²) in [7, 11) is 4.17. The van der Waals surface area contributed by atoms with Crippen LogP contribution in [0.25, 0.3) is 10.8 Å². The van der Waals surface area contributed by atoms with Crippen molar-refractivity contribution in [2.75, 3.05) is 14.1 Å². The van der Waals surface area contributed by atoms with E-state index < -0.39 is 0 Å². The summed E-state index contributed by atoms with van der Waals surface area (Å²) >= 11 is 0. The average Bonchev–Trinajstić information content (AvgIpc) is 2.83. The molecule has 0 saturated heterocycles. The molecular weight excluding hydrogens is 394 g/mol. The fraction of sp³-hybridized carbons (Fsp3) is 0.207. The zero-order valence-corrected chi connectivity index (χ0v) is 18.4. The molecular formula is C29H27NO2. The van der Waals surface area contributed by atoms with Crippen molar-refractivity contribution in [1.82, 2.24) is 4.90 Å². The van der Waals surface area contributed by atoms with E-state index in [1.807, 2.05) is 60.7 Å². The lowest BCUT2D eigenvalue weighted by Gasteiger charge is -2.41. The molecule has 4 aromatic rings. The number of hydrogen-bond donors (Lipinski definition) is 0. The van der Waals surface area contributed by atoms with Crippen LogP contribution >= 0.6 is 0 Å². The van der Waals surface area contributed by atoms with Gasteiger partial charge in [-0.3, -0.25) is 9.69 Å². The predicted molar refractivity (Wildman–Crippen MR) is 129 cm³/mol. The first-order valence-electron chi connectivity index (χ1n) is 11.1. The Morgan fingerprint density at radius 1 is 0.781 bits per heavy atom. The highest BCUT2D eigenvalue weighted by atomic mass is 16.5. The summed E-state index contributed by atoms with van der Waals surface area (Å²) in [6.07, 6.45) is -0.110. The SMILES string of the molecule is CN(C)[C@H]1c2ccccc2C(CC(=O)c2ccc3ccccc3c2)O[C@@H]1c1ccccc1. The number of fused-ring (bicyclic) bond motifs is 2. The minimum atomic E-state index is -0.286. The lowest BCUT2D eigenvalue weighted by molar-refractivity contribution is -0.0718. The van der Waals surface area contributed by atoms with E-state index in [4.69, 9.17) is 4.74 Å². The molecule has 3 nitrogen and oxygen atoms in total. The second kappa shape index (κ2) is 8.70. The van der Waals surface area contributed by atoms with Crippen LogP contribution in [0.5, 0.6) is 0 Å². The number of nitrogens with zero attached hydrogens (tertiary/aromatic N) is 1. The van der Waals surface area contributed by atoms with Crippen molar-refractivity contribution in [1.29, 1.82) is 0 Å². The monoisotopic (exact) mass is 421 g/mol. The summed E-state index contributed by atoms with van der Waals surface area (Å²) in [6.45, 7) is 0. The van der Waals surface area contributed by atoms with Crippen LogP contribution in [0.4, 0.5) is 0 Å². The number of benzene rings is 4. The second-order valence-electron chi connectivity index (χ2n) is 8.68. The van der Waals surface area contributed by atoms with E-state index in [2.05, 4.69) is 55.4 Å². The average molecular weight is 422 g/mol. The quantitative estimate of drug-likeness (QED) is 0.343. The first-order chi connectivity index (χ1) is 15.6. The van der Waals surface area contributed by atoms with E-state index in [0.29, 0.717) is 6.42 Å². The fourth-order valence-corrected chi connectivity index (χ4v) is 4.82. The van der Waals surface area contributed by atoms with Crippen LogP contribution in [0.3, 0.4) is 0 Å². The van der Waals surface area contributed by atoms with Gasteiger partial charge in [-0.05, 0) is 47.6 Å². The molecule has 3 atom stereocenters. The van der Waals surface area contributed by atoms with Crippen LogP contribution in [0.1, 0.15) is 51.7 Å². The Kier molecular flexibility index (Phi) is 5.60. The fourth-order valence-electron chi connectivity index (χ4n) is 4.82. The van der Waals surface area contributed by atoms with Crippen molar-refractivity contribution in [2.45, 2.75) is 24.7 Å². The highest BCUT2D eigenvalue weighted by Gasteiger charge is 2.38. The highest BCUT2D eigenvalue weighted by Crippen LogP contribution is 2.47. The maximum atomic E-state index is 13.3. The molecule has 0 fully saturated rings. The van der Waals surface area contributed by atoms with Crippen molar-refractivity contribution in [3.8, 4) is 0 Å². The Morgan fingerprint density at radius 3 is 2.19 bits per heavy atom. The van der Waals surface area contributed by atoms with Gasteiger partial charge in [0.1, 0.15) is 6.10 Å². The van der Waals surface area contributed by atoms with Gasteiger partial charge in [0.15, 0.2) is 5.78 Å². The maximum Gasteiger partial charge on any atom is 0.165 e. The zero-order chi connectivity index (χ0) is 22.1. The molecule has 4 aromatic carbocycles. The summed E-state index contributed by atoms with van der Waals surface area (Å²) in [5.41, 5.74) is 4.20. The van der Waals surface area contributed by atoms with Crippen molar-refractivity contribution in [3.05, 3.63) is 119 Å². The molecule has 0 amide bonds. The Morgan fingerprint density at radius 2 is 1.44 bits per heavy atom. The second-order valence-corrected chi connectivity index (χ2v) is 8.68. The number of hydrogen-bond acceptors (Lipinski definition) is 3. The Labute approximate surface area is 189 Å². The molecule has 32 heavy (non-hydrogen) atoms. The molecule has 1 unspecified atom stereocenters. The van der Waals surface area contributed by atoms with Gasteiger partial charge in [0, 0.05) is 12.0 Å². The zero-order valence-electron chi connectivity index (χ0n) is 18.4. The molecule has 5 rings (SSSR count). The lowest BCUT2D eigenvalue weighted by atomic mass is 9.84. The van der Waals surface area contributed by atoms with Crippen LogP contribution in [0.15, 0.2) is 97.1 Å². The molecule has 0 aliphatic carbocycles. The van der Waals surface area contributed by atoms with Gasteiger partial charge in [-0.1, -0.05) is 91.0 Å². The van der Waals surface area contributed by atoms with Gasteiger partial charge < -0.3 is 4.74 Å².